The summed E-state index contributed by atoms with van der Waals surface area (Å²) in [4.78, 5) is 13.1. The molecule has 0 unspecified atom stereocenters. The Hall–Kier alpha value is -3.93. The number of methoxy groups -OCH3 is 2. The van der Waals surface area contributed by atoms with E-state index in [1.807, 2.05) is 32.1 Å². The summed E-state index contributed by atoms with van der Waals surface area (Å²) in [5.41, 5.74) is 3.88. The van der Waals surface area contributed by atoms with E-state index in [9.17, 15) is 17.8 Å². The van der Waals surface area contributed by atoms with Crippen LogP contribution in [0.15, 0.2) is 69.6 Å². The van der Waals surface area contributed by atoms with Crippen molar-refractivity contribution in [3.63, 3.8) is 0 Å². The molecule has 1 aromatic carbocycles. The van der Waals surface area contributed by atoms with Gasteiger partial charge in [0.15, 0.2) is 13.1 Å². The van der Waals surface area contributed by atoms with Crippen LogP contribution in [-0.4, -0.2) is 124 Å². The number of ether oxygens (including phenoxy) is 6. The van der Waals surface area contributed by atoms with Gasteiger partial charge in [-0.2, -0.15) is 8.42 Å². The number of carboxylic acids is 1. The second kappa shape index (κ2) is 24.1. The molecule has 0 saturated carbocycles. The smallest absolute Gasteiger partial charge is 0.303 e. The van der Waals surface area contributed by atoms with Crippen LogP contribution in [-0.2, 0) is 54.2 Å². The molecule has 0 fully saturated rings. The second-order valence-electron chi connectivity index (χ2n) is 16.5. The summed E-state index contributed by atoms with van der Waals surface area (Å²) >= 11 is 0. The van der Waals surface area contributed by atoms with Crippen molar-refractivity contribution in [2.75, 3.05) is 105 Å². The maximum Gasteiger partial charge on any atom is 0.303 e. The van der Waals surface area contributed by atoms with E-state index < -0.39 is 21.5 Å². The number of rotatable bonds is 27. The van der Waals surface area contributed by atoms with Gasteiger partial charge >= 0.3 is 5.97 Å². The average molecular weight is 872 g/mol. The van der Waals surface area contributed by atoms with Crippen molar-refractivity contribution >= 4 is 27.9 Å². The van der Waals surface area contributed by atoms with E-state index >= 15 is 0 Å². The van der Waals surface area contributed by atoms with Gasteiger partial charge in [0.2, 0.25) is 5.36 Å². The zero-order valence-corrected chi connectivity index (χ0v) is 37.9. The van der Waals surface area contributed by atoms with Crippen molar-refractivity contribution in [1.82, 2.24) is 4.58 Å². The predicted molar refractivity (Wildman–Crippen MR) is 236 cm³/mol. The standard InChI is InChI=1S/C46H66N2O12S/c1-45(2,3)39-33-36(12-11-13-43-46(4,5)40-34-37(61(51,52)53)16-18-41(40)48(43)19-10-8-9-14-44(49)50)60-42-32-35(15-17-38(39)42)47(20-22-56-28-30-58-26-24-54-6)21-23-57-29-31-59-27-25-55-7/h11-13,15-18,32-34H,8-10,14,19-31H2,1-7H3,(H-,49,50,51,52,53)/p+1. The highest BCUT2D eigenvalue weighted by Gasteiger charge is 2.40. The van der Waals surface area contributed by atoms with E-state index in [0.717, 1.165) is 52.0 Å². The van der Waals surface area contributed by atoms with E-state index in [2.05, 4.69) is 54.5 Å². The van der Waals surface area contributed by atoms with Crippen LogP contribution >= 0.6 is 0 Å². The van der Waals surface area contributed by atoms with Crippen molar-refractivity contribution < 1.29 is 55.7 Å². The first kappa shape index (κ1) is 49.7. The highest BCUT2D eigenvalue weighted by atomic mass is 32.2. The number of hydrogen-bond acceptors (Lipinski definition) is 11. The van der Waals surface area contributed by atoms with Gasteiger partial charge in [-0.3, -0.25) is 9.35 Å². The molecule has 3 aliphatic rings. The fourth-order valence-electron chi connectivity index (χ4n) is 7.25. The maximum absolute atomic E-state index is 12.1. The normalized spacial score (nSPS) is 14.8. The number of allylic oxidation sites excluding steroid dienone is 3. The van der Waals surface area contributed by atoms with Gasteiger partial charge in [-0.15, -0.1) is 0 Å². The lowest BCUT2D eigenvalue weighted by molar-refractivity contribution is -0.137. The van der Waals surface area contributed by atoms with Gasteiger partial charge < -0.3 is 42.8 Å². The van der Waals surface area contributed by atoms with Crippen LogP contribution in [0.1, 0.15) is 77.2 Å². The fraction of sp³-hybridized carbons (Fsp3) is 0.565. The molecule has 0 aromatic heterocycles. The molecule has 4 rings (SSSR count). The molecule has 338 valence electrons. The first-order chi connectivity index (χ1) is 29.1. The van der Waals surface area contributed by atoms with Crippen molar-refractivity contribution in [1.29, 1.82) is 0 Å². The van der Waals surface area contributed by atoms with Crippen molar-refractivity contribution in [2.45, 2.75) is 76.0 Å². The summed E-state index contributed by atoms with van der Waals surface area (Å²) < 4.78 is 76.0. The molecule has 0 radical (unpaired) electrons. The zero-order chi connectivity index (χ0) is 44.5. The van der Waals surface area contributed by atoms with E-state index in [4.69, 9.17) is 37.9 Å². The van der Waals surface area contributed by atoms with Gasteiger partial charge in [-0.05, 0) is 71.9 Å². The van der Waals surface area contributed by atoms with Crippen LogP contribution in [0.2, 0.25) is 0 Å². The number of anilines is 1. The van der Waals surface area contributed by atoms with E-state index in [-0.39, 0.29) is 16.7 Å². The Bertz CT molecular complexity index is 2040. The lowest BCUT2D eigenvalue weighted by Gasteiger charge is -2.27. The average Bonchev–Trinajstić information content (AvgIpc) is 3.41. The number of fused-ring (bicyclic) bond motifs is 2. The molecule has 2 heterocycles. The van der Waals surface area contributed by atoms with Gasteiger partial charge in [-0.25, -0.2) is 4.58 Å². The summed E-state index contributed by atoms with van der Waals surface area (Å²) in [5.74, 6) is 0.575. The number of benzene rings is 2. The van der Waals surface area contributed by atoms with Crippen LogP contribution < -0.4 is 14.8 Å². The topological polar surface area (TPSA) is 166 Å². The van der Waals surface area contributed by atoms with Gasteiger partial charge in [-0.1, -0.05) is 47.1 Å². The van der Waals surface area contributed by atoms with E-state index in [1.54, 1.807) is 20.3 Å². The Morgan fingerprint density at radius 3 is 2.00 bits per heavy atom. The predicted octanol–water partition coefficient (Wildman–Crippen LogP) is 6.40. The van der Waals surface area contributed by atoms with Crippen LogP contribution in [0, 0.1) is 0 Å². The Labute approximate surface area is 361 Å². The van der Waals surface area contributed by atoms with Crippen molar-refractivity contribution in [3.05, 3.63) is 82.6 Å². The highest BCUT2D eigenvalue weighted by molar-refractivity contribution is 7.85. The third-order valence-electron chi connectivity index (χ3n) is 10.5. The number of hydrogen-bond donors (Lipinski definition) is 2. The quantitative estimate of drug-likeness (QED) is 0.0492. The Balaban J connectivity index is 1.67. The van der Waals surface area contributed by atoms with Gasteiger partial charge in [0.05, 0.1) is 63.8 Å². The minimum Gasteiger partial charge on any atom is -0.481 e. The number of unbranched alkanes of at least 4 members (excludes halogenated alkanes) is 2. The molecule has 14 nitrogen and oxygen atoms in total. The summed E-state index contributed by atoms with van der Waals surface area (Å²) in [6.45, 7) is 17.5. The summed E-state index contributed by atoms with van der Waals surface area (Å²) in [7, 11) is -1.12. The van der Waals surface area contributed by atoms with Gasteiger partial charge in [0.25, 0.3) is 10.1 Å². The molecule has 0 spiro atoms. The Morgan fingerprint density at radius 1 is 0.820 bits per heavy atom. The minimum absolute atomic E-state index is 0.108. The first-order valence-electron chi connectivity index (χ1n) is 21.0. The molecule has 1 aromatic rings. The molecule has 15 heteroatoms. The first-order valence-corrected chi connectivity index (χ1v) is 22.5. The van der Waals surface area contributed by atoms with Gasteiger partial charge in [0.1, 0.15) is 24.7 Å². The third kappa shape index (κ3) is 15.1. The molecule has 2 aliphatic heterocycles. The second-order valence-corrected chi connectivity index (χ2v) is 17.9. The number of aliphatic carboxylic acids is 1. The maximum atomic E-state index is 12.1. The third-order valence-corrected chi connectivity index (χ3v) is 11.4. The Kier molecular flexibility index (Phi) is 19.6. The number of nitrogens with zero attached hydrogens (tertiary/aromatic N) is 2. The largest absolute Gasteiger partial charge is 0.481 e. The number of carbonyl (C=O) groups is 1. The molecule has 2 N–H and O–H groups in total. The number of carboxylic acid groups (broad SMARTS) is 1. The lowest BCUT2D eigenvalue weighted by atomic mass is 9.82. The molecule has 61 heavy (non-hydrogen) atoms. The van der Waals surface area contributed by atoms with Crippen molar-refractivity contribution in [2.24, 2.45) is 0 Å². The van der Waals surface area contributed by atoms with Crippen molar-refractivity contribution in [3.8, 4) is 11.3 Å². The zero-order valence-electron chi connectivity index (χ0n) is 37.1. The molecule has 0 amide bonds. The van der Waals surface area contributed by atoms with Crippen LogP contribution in [0.4, 0.5) is 5.69 Å². The van der Waals surface area contributed by atoms with Crippen LogP contribution in [0.25, 0.3) is 17.4 Å². The summed E-state index contributed by atoms with van der Waals surface area (Å²) in [5, 5.41) is 10.1. The van der Waals surface area contributed by atoms with Gasteiger partial charge in [0, 0.05) is 55.6 Å². The summed E-state index contributed by atoms with van der Waals surface area (Å²) in [6, 6.07) is 13.0. The van der Waals surface area contributed by atoms with Crippen LogP contribution in [0.3, 0.4) is 0 Å². The van der Waals surface area contributed by atoms with Crippen LogP contribution in [0.5, 0.6) is 0 Å². The molecule has 0 atom stereocenters. The van der Waals surface area contributed by atoms with E-state index in [0.29, 0.717) is 97.9 Å². The fourth-order valence-corrected chi connectivity index (χ4v) is 7.76. The molecular formula is C46H67N2O12S+. The SMILES string of the molecule is COCCOCCOCC[N+](CCOCCOCCOC)=c1ccc2c(C(C)(C)C)cc(/C=C/C=C3/N(CCCCCC(=O)O)c4ccc(S(=O)(=O)O)cc4C3(C)C)oc-2c1. The molecule has 0 saturated heterocycles. The molecular weight excluding hydrogens is 805 g/mol. The molecule has 1 aliphatic carbocycles. The highest BCUT2D eigenvalue weighted by Crippen LogP contribution is 2.48. The minimum atomic E-state index is -4.41. The Morgan fingerprint density at radius 2 is 1.43 bits per heavy atom. The summed E-state index contributed by atoms with van der Waals surface area (Å²) in [6.07, 6.45) is 8.04. The lowest BCUT2D eigenvalue weighted by Crippen LogP contribution is -2.36. The monoisotopic (exact) mass is 871 g/mol. The van der Waals surface area contributed by atoms with E-state index in [1.165, 1.54) is 12.1 Å². The molecule has 0 bridgehead atoms.